The van der Waals surface area contributed by atoms with Gasteiger partial charge in [-0.05, 0) is 49.4 Å². The molecule has 0 saturated carbocycles. The van der Waals surface area contributed by atoms with Crippen LogP contribution in [0.3, 0.4) is 0 Å². The van der Waals surface area contributed by atoms with Gasteiger partial charge in [0.2, 0.25) is 0 Å². The van der Waals surface area contributed by atoms with Crippen LogP contribution in [-0.4, -0.2) is 30.7 Å². The number of aryl methyl sites for hydroxylation is 1. The number of hydrogen-bond acceptors (Lipinski definition) is 5. The van der Waals surface area contributed by atoms with Crippen LogP contribution < -0.4 is 20.1 Å². The summed E-state index contributed by atoms with van der Waals surface area (Å²) in [4.78, 5) is 23.7. The van der Waals surface area contributed by atoms with E-state index in [2.05, 4.69) is 26.6 Å². The van der Waals surface area contributed by atoms with E-state index in [4.69, 9.17) is 21.1 Å². The Bertz CT molecular complexity index is 1170. The van der Waals surface area contributed by atoms with Crippen LogP contribution in [0.1, 0.15) is 21.5 Å². The zero-order chi connectivity index (χ0) is 24.0. The molecule has 0 aliphatic carbocycles. The molecule has 1 amide bonds. The van der Waals surface area contributed by atoms with Gasteiger partial charge in [-0.3, -0.25) is 4.79 Å². The molecule has 3 rings (SSSR count). The number of anilines is 2. The quantitative estimate of drug-likeness (QED) is 0.324. The smallest absolute Gasteiger partial charge is 0.335 e. The second kappa shape index (κ2) is 11.1. The van der Waals surface area contributed by atoms with Crippen molar-refractivity contribution in [1.29, 1.82) is 0 Å². The maximum atomic E-state index is 12.4. The Morgan fingerprint density at radius 2 is 1.82 bits per heavy atom. The number of aromatic carboxylic acids is 1. The van der Waals surface area contributed by atoms with E-state index in [1.807, 2.05) is 31.2 Å². The molecule has 0 bridgehead atoms. The zero-order valence-electron chi connectivity index (χ0n) is 17.9. The van der Waals surface area contributed by atoms with Gasteiger partial charge in [-0.15, -0.1) is 0 Å². The fourth-order valence-electron chi connectivity index (χ4n) is 3.02. The number of nitrogens with one attached hydrogen (secondary N) is 2. The summed E-state index contributed by atoms with van der Waals surface area (Å²) in [6, 6.07) is 15.4. The molecule has 0 heterocycles. The minimum absolute atomic E-state index is 0.107. The van der Waals surface area contributed by atoms with Gasteiger partial charge in [0, 0.05) is 22.3 Å². The third kappa shape index (κ3) is 6.40. The Balaban J connectivity index is 1.77. The van der Waals surface area contributed by atoms with Crippen molar-refractivity contribution in [2.75, 3.05) is 24.4 Å². The first-order valence-electron chi connectivity index (χ1n) is 9.90. The number of amides is 1. The fourth-order valence-corrected chi connectivity index (χ4v) is 3.65. The van der Waals surface area contributed by atoms with Crippen LogP contribution in [0.5, 0.6) is 11.5 Å². The van der Waals surface area contributed by atoms with Gasteiger partial charge < -0.3 is 25.2 Å². The van der Waals surface area contributed by atoms with Gasteiger partial charge in [-0.2, -0.15) is 0 Å². The van der Waals surface area contributed by atoms with Crippen molar-refractivity contribution >= 4 is 50.8 Å². The van der Waals surface area contributed by atoms with Crippen molar-refractivity contribution in [3.05, 3.63) is 80.8 Å². The molecule has 0 atom stereocenters. The number of carboxylic acids is 1. The molecule has 0 fully saturated rings. The maximum Gasteiger partial charge on any atom is 0.335 e. The molecular weight excluding hydrogens is 512 g/mol. The van der Waals surface area contributed by atoms with Gasteiger partial charge in [0.05, 0.1) is 23.4 Å². The summed E-state index contributed by atoms with van der Waals surface area (Å²) in [5.74, 6) is -0.551. The first-order valence-corrected chi connectivity index (χ1v) is 11.1. The highest BCUT2D eigenvalue weighted by Crippen LogP contribution is 2.37. The highest BCUT2D eigenvalue weighted by molar-refractivity contribution is 9.10. The van der Waals surface area contributed by atoms with Crippen LogP contribution in [-0.2, 0) is 11.3 Å². The van der Waals surface area contributed by atoms with E-state index in [0.29, 0.717) is 33.5 Å². The van der Waals surface area contributed by atoms with Crippen molar-refractivity contribution in [2.45, 2.75) is 13.5 Å². The number of carbonyl (C=O) groups excluding carboxylic acids is 1. The lowest BCUT2D eigenvalue weighted by molar-refractivity contribution is -0.118. The van der Waals surface area contributed by atoms with E-state index in [9.17, 15) is 14.7 Å². The van der Waals surface area contributed by atoms with Crippen LogP contribution in [0.2, 0.25) is 5.02 Å². The minimum Gasteiger partial charge on any atom is -0.493 e. The fraction of sp³-hybridized carbons (Fsp3) is 0.167. The van der Waals surface area contributed by atoms with Gasteiger partial charge in [-0.25, -0.2) is 4.79 Å². The minimum atomic E-state index is -1.05. The lowest BCUT2D eigenvalue weighted by Crippen LogP contribution is -2.21. The Labute approximate surface area is 204 Å². The molecule has 0 radical (unpaired) electrons. The second-order valence-electron chi connectivity index (χ2n) is 7.11. The zero-order valence-corrected chi connectivity index (χ0v) is 20.3. The predicted molar refractivity (Wildman–Crippen MR) is 132 cm³/mol. The number of rotatable bonds is 9. The number of ether oxygens (including phenoxy) is 2. The molecule has 0 aliphatic rings. The topological polar surface area (TPSA) is 96.9 Å². The summed E-state index contributed by atoms with van der Waals surface area (Å²) in [6.45, 7) is 1.97. The van der Waals surface area contributed by atoms with Crippen LogP contribution in [0.25, 0.3) is 0 Å². The molecule has 3 N–H and O–H groups in total. The van der Waals surface area contributed by atoms with E-state index in [-0.39, 0.29) is 24.6 Å². The summed E-state index contributed by atoms with van der Waals surface area (Å²) in [6.07, 6.45) is 0. The molecule has 0 unspecified atom stereocenters. The number of halogens is 2. The van der Waals surface area contributed by atoms with Gasteiger partial charge >= 0.3 is 5.97 Å². The van der Waals surface area contributed by atoms with Crippen LogP contribution in [0, 0.1) is 6.92 Å². The molecule has 0 aliphatic heterocycles. The average Bonchev–Trinajstić information content (AvgIpc) is 2.79. The molecular formula is C24H22BrClN2O5. The summed E-state index contributed by atoms with van der Waals surface area (Å²) >= 11 is 9.72. The first kappa shape index (κ1) is 24.4. The molecule has 0 spiro atoms. The number of hydrogen-bond donors (Lipinski definition) is 3. The number of benzene rings is 3. The highest BCUT2D eigenvalue weighted by atomic mass is 79.9. The van der Waals surface area contributed by atoms with Crippen molar-refractivity contribution in [1.82, 2.24) is 0 Å². The van der Waals surface area contributed by atoms with E-state index >= 15 is 0 Å². The third-order valence-electron chi connectivity index (χ3n) is 4.74. The summed E-state index contributed by atoms with van der Waals surface area (Å²) < 4.78 is 12.0. The van der Waals surface area contributed by atoms with E-state index in [1.54, 1.807) is 12.1 Å². The average molecular weight is 534 g/mol. The van der Waals surface area contributed by atoms with Crippen LogP contribution in [0.15, 0.2) is 59.1 Å². The van der Waals surface area contributed by atoms with Gasteiger partial charge in [0.15, 0.2) is 18.1 Å². The van der Waals surface area contributed by atoms with Gasteiger partial charge in [0.1, 0.15) is 0 Å². The Kier molecular flexibility index (Phi) is 8.19. The largest absolute Gasteiger partial charge is 0.493 e. The SMILES string of the molecule is COc1ccc(Br)c(CNc2cc(C(=O)O)ccc2Cl)c1OCC(=O)Nc1ccc(C)cc1. The highest BCUT2D eigenvalue weighted by Gasteiger charge is 2.17. The Morgan fingerprint density at radius 1 is 1.09 bits per heavy atom. The lowest BCUT2D eigenvalue weighted by atomic mass is 10.1. The van der Waals surface area contributed by atoms with Crippen molar-refractivity contribution in [3.8, 4) is 11.5 Å². The molecule has 3 aromatic carbocycles. The summed E-state index contributed by atoms with van der Waals surface area (Å²) in [5, 5.41) is 15.5. The lowest BCUT2D eigenvalue weighted by Gasteiger charge is -2.18. The number of methoxy groups -OCH3 is 1. The van der Waals surface area contributed by atoms with Crippen LogP contribution in [0.4, 0.5) is 11.4 Å². The Morgan fingerprint density at radius 3 is 2.48 bits per heavy atom. The third-order valence-corrected chi connectivity index (χ3v) is 5.81. The molecule has 0 saturated heterocycles. The Hall–Kier alpha value is -3.23. The molecule has 9 heteroatoms. The van der Waals surface area contributed by atoms with Crippen molar-refractivity contribution < 1.29 is 24.2 Å². The van der Waals surface area contributed by atoms with Crippen LogP contribution >= 0.6 is 27.5 Å². The molecule has 172 valence electrons. The van der Waals surface area contributed by atoms with Gasteiger partial charge in [0.25, 0.3) is 5.91 Å². The van der Waals surface area contributed by atoms with E-state index in [0.717, 1.165) is 10.0 Å². The molecule has 3 aromatic rings. The number of carbonyl (C=O) groups is 2. The normalized spacial score (nSPS) is 10.4. The molecule has 0 aromatic heterocycles. The van der Waals surface area contributed by atoms with Crippen molar-refractivity contribution in [3.63, 3.8) is 0 Å². The standard InChI is InChI=1S/C24H22BrClN2O5/c1-14-3-6-16(7-4-14)28-22(29)13-33-23-17(18(25)8-10-21(23)32-2)12-27-20-11-15(24(30)31)5-9-19(20)26/h3-11,27H,12-13H2,1-2H3,(H,28,29)(H,30,31). The predicted octanol–water partition coefficient (Wildman–Crippen LogP) is 5.75. The molecule has 7 nitrogen and oxygen atoms in total. The van der Waals surface area contributed by atoms with E-state index < -0.39 is 5.97 Å². The van der Waals surface area contributed by atoms with Gasteiger partial charge in [-0.1, -0.05) is 45.2 Å². The first-order chi connectivity index (χ1) is 15.8. The summed E-state index contributed by atoms with van der Waals surface area (Å²) in [5.41, 5.74) is 3.00. The van der Waals surface area contributed by atoms with E-state index in [1.165, 1.54) is 25.3 Å². The second-order valence-corrected chi connectivity index (χ2v) is 8.38. The number of carboxylic acid groups (broad SMARTS) is 1. The summed E-state index contributed by atoms with van der Waals surface area (Å²) in [7, 11) is 1.51. The van der Waals surface area contributed by atoms with Crippen molar-refractivity contribution in [2.24, 2.45) is 0 Å². The monoisotopic (exact) mass is 532 g/mol. The molecule has 33 heavy (non-hydrogen) atoms. The maximum absolute atomic E-state index is 12.4.